The van der Waals surface area contributed by atoms with Gasteiger partial charge in [-0.2, -0.15) is 4.98 Å². The summed E-state index contributed by atoms with van der Waals surface area (Å²) in [5.74, 6) is 1.45. The van der Waals surface area contributed by atoms with Crippen LogP contribution in [-0.4, -0.2) is 46.4 Å². The molecule has 0 amide bonds. The Hall–Kier alpha value is -2.38. The zero-order valence-electron chi connectivity index (χ0n) is 13.9. The third-order valence-electron chi connectivity index (χ3n) is 4.20. The van der Waals surface area contributed by atoms with Crippen LogP contribution in [0.4, 0.5) is 6.01 Å². The number of nitrogens with zero attached hydrogens (tertiary/aromatic N) is 5. The fourth-order valence-electron chi connectivity index (χ4n) is 2.90. The molecule has 0 spiro atoms. The minimum Gasteiger partial charge on any atom is -0.360 e. The molecule has 8 heteroatoms. The second-order valence-electron chi connectivity index (χ2n) is 6.11. The Morgan fingerprint density at radius 3 is 2.64 bits per heavy atom. The van der Waals surface area contributed by atoms with Crippen LogP contribution in [0.3, 0.4) is 0 Å². The average molecular weight is 360 g/mol. The average Bonchev–Trinajstić information content (AvgIpc) is 3.25. The van der Waals surface area contributed by atoms with E-state index in [2.05, 4.69) is 25.1 Å². The van der Waals surface area contributed by atoms with Gasteiger partial charge in [-0.15, -0.1) is 0 Å². The molecule has 4 rings (SSSR count). The minimum absolute atomic E-state index is 0.546. The molecule has 7 nitrogen and oxygen atoms in total. The Morgan fingerprint density at radius 2 is 1.92 bits per heavy atom. The predicted octanol–water partition coefficient (Wildman–Crippen LogP) is 3.01. The van der Waals surface area contributed by atoms with Gasteiger partial charge in [0.2, 0.25) is 5.82 Å². The lowest BCUT2D eigenvalue weighted by atomic mass is 10.2. The third-order valence-corrected chi connectivity index (χ3v) is 4.43. The van der Waals surface area contributed by atoms with Crippen molar-refractivity contribution in [3.63, 3.8) is 0 Å². The number of aromatic nitrogens is 3. The van der Waals surface area contributed by atoms with Crippen molar-refractivity contribution in [2.75, 3.05) is 31.1 Å². The van der Waals surface area contributed by atoms with Gasteiger partial charge in [0.05, 0.1) is 12.2 Å². The molecule has 25 heavy (non-hydrogen) atoms. The van der Waals surface area contributed by atoms with Gasteiger partial charge >= 0.3 is 6.01 Å². The van der Waals surface area contributed by atoms with Crippen molar-refractivity contribution in [3.05, 3.63) is 46.8 Å². The Balaban J connectivity index is 1.38. The summed E-state index contributed by atoms with van der Waals surface area (Å²) in [6, 6.07) is 9.96. The van der Waals surface area contributed by atoms with Crippen LogP contribution in [0, 0.1) is 6.92 Å². The van der Waals surface area contributed by atoms with Crippen LogP contribution < -0.4 is 4.90 Å². The van der Waals surface area contributed by atoms with Crippen molar-refractivity contribution < 1.29 is 9.05 Å². The molecule has 1 fully saturated rings. The van der Waals surface area contributed by atoms with Crippen molar-refractivity contribution in [1.82, 2.24) is 20.2 Å². The van der Waals surface area contributed by atoms with Crippen LogP contribution in [-0.2, 0) is 6.54 Å². The molecule has 2 aromatic heterocycles. The predicted molar refractivity (Wildman–Crippen MR) is 93.5 cm³/mol. The van der Waals surface area contributed by atoms with Gasteiger partial charge in [0.15, 0.2) is 5.76 Å². The quantitative estimate of drug-likeness (QED) is 0.709. The molecule has 1 aliphatic rings. The van der Waals surface area contributed by atoms with Gasteiger partial charge in [0, 0.05) is 42.8 Å². The molecule has 0 atom stereocenters. The fourth-order valence-corrected chi connectivity index (χ4v) is 3.09. The maximum atomic E-state index is 6.02. The number of hydrogen-bond acceptors (Lipinski definition) is 7. The van der Waals surface area contributed by atoms with Crippen LogP contribution in [0.5, 0.6) is 0 Å². The van der Waals surface area contributed by atoms with Crippen molar-refractivity contribution in [3.8, 4) is 11.4 Å². The first-order chi connectivity index (χ1) is 12.2. The van der Waals surface area contributed by atoms with Crippen LogP contribution >= 0.6 is 11.6 Å². The van der Waals surface area contributed by atoms with Gasteiger partial charge in [-0.3, -0.25) is 4.90 Å². The van der Waals surface area contributed by atoms with E-state index >= 15 is 0 Å². The highest BCUT2D eigenvalue weighted by Gasteiger charge is 2.22. The molecule has 0 unspecified atom stereocenters. The number of halogens is 1. The summed E-state index contributed by atoms with van der Waals surface area (Å²) in [5, 5.41) is 8.65. The maximum absolute atomic E-state index is 6.02. The van der Waals surface area contributed by atoms with Crippen LogP contribution in [0.25, 0.3) is 11.4 Å². The maximum Gasteiger partial charge on any atom is 0.324 e. The topological polar surface area (TPSA) is 71.4 Å². The molecule has 3 aromatic rings. The van der Waals surface area contributed by atoms with Crippen molar-refractivity contribution >= 4 is 17.6 Å². The Morgan fingerprint density at radius 1 is 1.08 bits per heavy atom. The molecule has 3 heterocycles. The first-order valence-corrected chi connectivity index (χ1v) is 8.54. The first-order valence-electron chi connectivity index (χ1n) is 8.16. The number of benzene rings is 1. The van der Waals surface area contributed by atoms with Gasteiger partial charge < -0.3 is 13.9 Å². The van der Waals surface area contributed by atoms with Gasteiger partial charge in [0.1, 0.15) is 0 Å². The Labute approximate surface area is 150 Å². The molecule has 0 bridgehead atoms. The third kappa shape index (κ3) is 3.67. The zero-order chi connectivity index (χ0) is 17.2. The molecule has 0 saturated carbocycles. The van der Waals surface area contributed by atoms with E-state index in [-0.39, 0.29) is 0 Å². The zero-order valence-corrected chi connectivity index (χ0v) is 14.6. The number of piperazine rings is 1. The van der Waals surface area contributed by atoms with Crippen LogP contribution in [0.1, 0.15) is 11.5 Å². The molecular formula is C17H18ClN5O2. The van der Waals surface area contributed by atoms with E-state index in [9.17, 15) is 0 Å². The summed E-state index contributed by atoms with van der Waals surface area (Å²) in [4.78, 5) is 8.92. The lowest BCUT2D eigenvalue weighted by Gasteiger charge is -2.32. The number of rotatable bonds is 4. The van der Waals surface area contributed by atoms with Crippen LogP contribution in [0.15, 0.2) is 39.4 Å². The summed E-state index contributed by atoms with van der Waals surface area (Å²) in [7, 11) is 0. The van der Waals surface area contributed by atoms with Crippen molar-refractivity contribution in [2.45, 2.75) is 13.5 Å². The van der Waals surface area contributed by atoms with E-state index in [1.165, 1.54) is 0 Å². The van der Waals surface area contributed by atoms with Gasteiger partial charge in [-0.25, -0.2) is 0 Å². The number of aryl methyl sites for hydroxylation is 1. The number of hydrogen-bond donors (Lipinski definition) is 0. The monoisotopic (exact) mass is 359 g/mol. The van der Waals surface area contributed by atoms with E-state index in [0.29, 0.717) is 16.9 Å². The second-order valence-corrected chi connectivity index (χ2v) is 6.55. The number of anilines is 1. The lowest BCUT2D eigenvalue weighted by Crippen LogP contribution is -2.46. The summed E-state index contributed by atoms with van der Waals surface area (Å²) in [6.45, 7) is 6.14. The van der Waals surface area contributed by atoms with Crippen molar-refractivity contribution in [1.29, 1.82) is 0 Å². The first kappa shape index (κ1) is 16.1. The normalized spacial score (nSPS) is 15.7. The molecule has 130 valence electrons. The molecule has 1 aromatic carbocycles. The van der Waals surface area contributed by atoms with Gasteiger partial charge in [-0.1, -0.05) is 34.0 Å². The van der Waals surface area contributed by atoms with E-state index < -0.39 is 0 Å². The highest BCUT2D eigenvalue weighted by atomic mass is 35.5. The fraction of sp³-hybridized carbons (Fsp3) is 0.353. The summed E-state index contributed by atoms with van der Waals surface area (Å²) >= 11 is 6.02. The lowest BCUT2D eigenvalue weighted by molar-refractivity contribution is 0.215. The molecule has 0 aliphatic carbocycles. The molecule has 0 radical (unpaired) electrons. The summed E-state index contributed by atoms with van der Waals surface area (Å²) < 4.78 is 10.7. The van der Waals surface area contributed by atoms with E-state index in [1.807, 2.05) is 37.3 Å². The minimum atomic E-state index is 0.546. The SMILES string of the molecule is Cc1cc(CN2CCN(c3nc(-c4cccc(Cl)c4)no3)CC2)on1. The van der Waals surface area contributed by atoms with Gasteiger partial charge in [-0.05, 0) is 19.1 Å². The smallest absolute Gasteiger partial charge is 0.324 e. The second kappa shape index (κ2) is 6.85. The Kier molecular flexibility index (Phi) is 4.42. The van der Waals surface area contributed by atoms with Gasteiger partial charge in [0.25, 0.3) is 0 Å². The summed E-state index contributed by atoms with van der Waals surface area (Å²) in [6.07, 6.45) is 0. The Bertz CT molecular complexity index is 854. The molecular weight excluding hydrogens is 342 g/mol. The summed E-state index contributed by atoms with van der Waals surface area (Å²) in [5.41, 5.74) is 1.76. The van der Waals surface area contributed by atoms with Crippen LogP contribution in [0.2, 0.25) is 5.02 Å². The highest BCUT2D eigenvalue weighted by Crippen LogP contribution is 2.23. The molecule has 1 saturated heterocycles. The van der Waals surface area contributed by atoms with E-state index in [1.54, 1.807) is 0 Å². The largest absolute Gasteiger partial charge is 0.360 e. The molecule has 0 N–H and O–H groups in total. The molecule has 1 aliphatic heterocycles. The van der Waals surface area contributed by atoms with E-state index in [0.717, 1.165) is 49.7 Å². The van der Waals surface area contributed by atoms with E-state index in [4.69, 9.17) is 20.6 Å². The van der Waals surface area contributed by atoms with Crippen molar-refractivity contribution in [2.24, 2.45) is 0 Å². The standard InChI is InChI=1S/C17H18ClN5O2/c1-12-9-15(24-20-12)11-22-5-7-23(8-6-22)17-19-16(21-25-17)13-3-2-4-14(18)10-13/h2-4,9-10H,5-8,11H2,1H3. The highest BCUT2D eigenvalue weighted by molar-refractivity contribution is 6.30.